The zero-order valence-electron chi connectivity index (χ0n) is 15.2. The van der Waals surface area contributed by atoms with Crippen LogP contribution in [-0.2, 0) is 12.3 Å². The Hall–Kier alpha value is -0.930. The van der Waals surface area contributed by atoms with Crippen molar-refractivity contribution < 1.29 is 0 Å². The van der Waals surface area contributed by atoms with E-state index in [2.05, 4.69) is 39.6 Å². The molecule has 1 aromatic heterocycles. The average molecular weight is 387 g/mol. The van der Waals surface area contributed by atoms with E-state index in [4.69, 9.17) is 11.6 Å². The van der Waals surface area contributed by atoms with Crippen molar-refractivity contribution >= 4 is 23.4 Å². The van der Waals surface area contributed by atoms with E-state index in [1.54, 1.807) is 0 Å². The Balaban J connectivity index is 1.38. The molecule has 0 saturated heterocycles. The molecule has 0 radical (unpaired) electrons. The van der Waals surface area contributed by atoms with Gasteiger partial charge in [0.05, 0.1) is 6.33 Å². The molecule has 1 heterocycles. The molecular weight excluding hydrogens is 360 g/mol. The van der Waals surface area contributed by atoms with Gasteiger partial charge >= 0.3 is 0 Å². The van der Waals surface area contributed by atoms with Crippen molar-refractivity contribution in [2.75, 3.05) is 0 Å². The lowest BCUT2D eigenvalue weighted by Crippen LogP contribution is -2.51. The van der Waals surface area contributed by atoms with Crippen LogP contribution in [-0.4, -0.2) is 14.8 Å². The van der Waals surface area contributed by atoms with Crippen LogP contribution in [0.5, 0.6) is 0 Å². The monoisotopic (exact) mass is 386 g/mol. The maximum absolute atomic E-state index is 6.06. The molecular formula is C22H27ClN2S. The molecule has 4 bridgehead atoms. The molecule has 4 saturated carbocycles. The fourth-order valence-corrected chi connectivity index (χ4v) is 7.99. The van der Waals surface area contributed by atoms with Gasteiger partial charge < -0.3 is 4.57 Å². The smallest absolute Gasteiger partial charge is 0.0946 e. The highest BCUT2D eigenvalue weighted by Crippen LogP contribution is 2.63. The standard InChI is InChI=1S/C22H27ClN2S/c23-20-3-1-16(2-4-20)14-26-21(13-25-6-5-24-15-25)22-10-17-7-18(11-22)9-19(8-17)12-22/h1-6,15,17-19,21H,7-14H2. The lowest BCUT2D eigenvalue weighted by atomic mass is 9.48. The first-order chi connectivity index (χ1) is 12.7. The number of nitrogens with zero attached hydrogens (tertiary/aromatic N) is 2. The van der Waals surface area contributed by atoms with E-state index in [1.807, 2.05) is 24.7 Å². The quantitative estimate of drug-likeness (QED) is 0.600. The van der Waals surface area contributed by atoms with E-state index >= 15 is 0 Å². The van der Waals surface area contributed by atoms with Crippen LogP contribution in [0, 0.1) is 23.2 Å². The molecule has 6 rings (SSSR count). The van der Waals surface area contributed by atoms with Gasteiger partial charge in [0.1, 0.15) is 0 Å². The Morgan fingerprint density at radius 2 is 1.73 bits per heavy atom. The summed E-state index contributed by atoms with van der Waals surface area (Å²) in [6.07, 6.45) is 15.0. The van der Waals surface area contributed by atoms with Gasteiger partial charge in [-0.3, -0.25) is 0 Å². The van der Waals surface area contributed by atoms with E-state index in [1.165, 1.54) is 44.1 Å². The number of halogens is 1. The Bertz CT molecular complexity index is 705. The summed E-state index contributed by atoms with van der Waals surface area (Å²) in [5.41, 5.74) is 1.94. The molecule has 2 nitrogen and oxygen atoms in total. The Labute approximate surface area is 165 Å². The van der Waals surface area contributed by atoms with Crippen LogP contribution >= 0.6 is 23.4 Å². The van der Waals surface area contributed by atoms with Crippen LogP contribution in [0.25, 0.3) is 0 Å². The van der Waals surface area contributed by atoms with Gasteiger partial charge in [0.15, 0.2) is 0 Å². The van der Waals surface area contributed by atoms with E-state index in [0.717, 1.165) is 35.1 Å². The van der Waals surface area contributed by atoms with Gasteiger partial charge in [0.25, 0.3) is 0 Å². The van der Waals surface area contributed by atoms with Crippen LogP contribution in [0.2, 0.25) is 5.02 Å². The van der Waals surface area contributed by atoms with Gasteiger partial charge in [-0.25, -0.2) is 4.98 Å². The first kappa shape index (κ1) is 17.2. The van der Waals surface area contributed by atoms with Gasteiger partial charge in [-0.05, 0) is 79.4 Å². The Morgan fingerprint density at radius 3 is 2.31 bits per heavy atom. The van der Waals surface area contributed by atoms with Gasteiger partial charge in [0.2, 0.25) is 0 Å². The number of hydrogen-bond acceptors (Lipinski definition) is 2. The summed E-state index contributed by atoms with van der Waals surface area (Å²) in [7, 11) is 0. The fourth-order valence-electron chi connectivity index (χ4n) is 6.36. The van der Waals surface area contributed by atoms with Crippen molar-refractivity contribution in [3.05, 3.63) is 53.6 Å². The van der Waals surface area contributed by atoms with Crippen LogP contribution in [0.4, 0.5) is 0 Å². The maximum atomic E-state index is 6.06. The first-order valence-corrected chi connectivity index (χ1v) is 11.4. The summed E-state index contributed by atoms with van der Waals surface area (Å²) in [5.74, 6) is 4.09. The van der Waals surface area contributed by atoms with E-state index < -0.39 is 0 Å². The van der Waals surface area contributed by atoms with Crippen molar-refractivity contribution in [1.29, 1.82) is 0 Å². The first-order valence-electron chi connectivity index (χ1n) is 10.0. The average Bonchev–Trinajstić information content (AvgIpc) is 3.12. The summed E-state index contributed by atoms with van der Waals surface area (Å²) in [6, 6.07) is 8.41. The number of imidazole rings is 1. The second kappa shape index (κ2) is 6.91. The molecule has 4 aliphatic rings. The SMILES string of the molecule is Clc1ccc(CSC(Cn2ccnc2)C23CC4CC(CC(C4)C2)C3)cc1. The summed E-state index contributed by atoms with van der Waals surface area (Å²) in [6.45, 7) is 1.10. The predicted octanol–water partition coefficient (Wildman–Crippen LogP) is 6.05. The molecule has 1 unspecified atom stereocenters. The van der Waals surface area contributed by atoms with Crippen LogP contribution in [0.15, 0.2) is 43.0 Å². The molecule has 0 spiro atoms. The van der Waals surface area contributed by atoms with E-state index in [0.29, 0.717) is 10.7 Å². The molecule has 0 N–H and O–H groups in total. The zero-order chi connectivity index (χ0) is 17.6. The van der Waals surface area contributed by atoms with E-state index in [-0.39, 0.29) is 0 Å². The minimum absolute atomic E-state index is 0.552. The summed E-state index contributed by atoms with van der Waals surface area (Å²) >= 11 is 8.24. The largest absolute Gasteiger partial charge is 0.336 e. The molecule has 4 heteroatoms. The topological polar surface area (TPSA) is 17.8 Å². The van der Waals surface area contributed by atoms with Gasteiger partial charge in [-0.15, -0.1) is 0 Å². The molecule has 1 atom stereocenters. The van der Waals surface area contributed by atoms with Crippen LogP contribution in [0.3, 0.4) is 0 Å². The molecule has 138 valence electrons. The Morgan fingerprint density at radius 1 is 1.08 bits per heavy atom. The molecule has 26 heavy (non-hydrogen) atoms. The highest BCUT2D eigenvalue weighted by Gasteiger charge is 2.54. The molecule has 4 aliphatic carbocycles. The van der Waals surface area contributed by atoms with Crippen molar-refractivity contribution in [1.82, 2.24) is 9.55 Å². The lowest BCUT2D eigenvalue weighted by Gasteiger charge is -2.59. The minimum Gasteiger partial charge on any atom is -0.336 e. The minimum atomic E-state index is 0.552. The number of rotatable bonds is 6. The number of aromatic nitrogens is 2. The highest BCUT2D eigenvalue weighted by atomic mass is 35.5. The normalized spacial score (nSPS) is 33.5. The third kappa shape index (κ3) is 3.33. The van der Waals surface area contributed by atoms with Gasteiger partial charge in [0, 0.05) is 35.0 Å². The molecule has 1 aromatic carbocycles. The number of thioether (sulfide) groups is 1. The van der Waals surface area contributed by atoms with Crippen molar-refractivity contribution in [3.63, 3.8) is 0 Å². The highest BCUT2D eigenvalue weighted by molar-refractivity contribution is 7.99. The van der Waals surface area contributed by atoms with Crippen LogP contribution in [0.1, 0.15) is 44.1 Å². The van der Waals surface area contributed by atoms with E-state index in [9.17, 15) is 0 Å². The number of hydrogen-bond donors (Lipinski definition) is 0. The second-order valence-electron chi connectivity index (χ2n) is 8.97. The zero-order valence-corrected chi connectivity index (χ0v) is 16.8. The fraction of sp³-hybridized carbons (Fsp3) is 0.591. The maximum Gasteiger partial charge on any atom is 0.0946 e. The number of benzene rings is 1. The van der Waals surface area contributed by atoms with Crippen LogP contribution < -0.4 is 0 Å². The molecule has 4 fully saturated rings. The third-order valence-corrected chi connectivity index (χ3v) is 8.87. The van der Waals surface area contributed by atoms with Gasteiger partial charge in [-0.1, -0.05) is 23.7 Å². The van der Waals surface area contributed by atoms with Crippen molar-refractivity contribution in [3.8, 4) is 0 Å². The predicted molar refractivity (Wildman–Crippen MR) is 109 cm³/mol. The molecule has 0 amide bonds. The lowest BCUT2D eigenvalue weighted by molar-refractivity contribution is -0.0553. The summed E-state index contributed by atoms with van der Waals surface area (Å²) in [4.78, 5) is 4.29. The van der Waals surface area contributed by atoms with Gasteiger partial charge in [-0.2, -0.15) is 11.8 Å². The summed E-state index contributed by atoms with van der Waals surface area (Å²) < 4.78 is 2.30. The third-order valence-electron chi connectivity index (χ3n) is 7.07. The summed E-state index contributed by atoms with van der Waals surface area (Å²) in [5, 5.41) is 1.51. The second-order valence-corrected chi connectivity index (χ2v) is 10.6. The molecule has 0 aliphatic heterocycles. The Kier molecular flexibility index (Phi) is 4.57. The van der Waals surface area contributed by atoms with Crippen molar-refractivity contribution in [2.45, 2.75) is 56.1 Å². The molecule has 2 aromatic rings. The van der Waals surface area contributed by atoms with Crippen molar-refractivity contribution in [2.24, 2.45) is 23.2 Å².